The topological polar surface area (TPSA) is 226 Å². The molecule has 0 aliphatic carbocycles. The molecule has 6 atom stereocenters. The average Bonchev–Trinajstić information content (AvgIpc) is 3.81. The second-order valence-corrected chi connectivity index (χ2v) is 25.8. The van der Waals surface area contributed by atoms with E-state index >= 15 is 0 Å². The third-order valence-corrected chi connectivity index (χ3v) is 19.2. The molecule has 9 rings (SSSR count). The number of hydrogen-bond donors (Lipinski definition) is 6. The van der Waals surface area contributed by atoms with Gasteiger partial charge < -0.3 is 65.2 Å². The molecule has 4 aliphatic rings. The summed E-state index contributed by atoms with van der Waals surface area (Å²) >= 11 is 0. The van der Waals surface area contributed by atoms with Crippen LogP contribution in [-0.4, -0.2) is 102 Å². The second-order valence-electron chi connectivity index (χ2n) is 22.4. The van der Waals surface area contributed by atoms with Crippen molar-refractivity contribution in [3.05, 3.63) is 124 Å². The number of amides is 5. The number of benzene rings is 5. The Hall–Kier alpha value is -7.42. The number of nitrogens with zero attached hydrogens (tertiary/aromatic N) is 2. The van der Waals surface area contributed by atoms with Crippen LogP contribution in [0.1, 0.15) is 117 Å². The molecule has 5 amide bonds. The second kappa shape index (κ2) is 25.4. The zero-order chi connectivity index (χ0) is 58.6. The summed E-state index contributed by atoms with van der Waals surface area (Å²) in [5.41, 5.74) is 6.98. The molecule has 0 aromatic heterocycles. The number of para-hydroxylation sites is 2. The van der Waals surface area contributed by atoms with Crippen molar-refractivity contribution in [2.45, 2.75) is 141 Å². The Morgan fingerprint density at radius 2 is 1.32 bits per heavy atom. The summed E-state index contributed by atoms with van der Waals surface area (Å²) < 4.78 is 24.3. The van der Waals surface area contributed by atoms with Gasteiger partial charge in [-0.1, -0.05) is 78.8 Å². The van der Waals surface area contributed by atoms with Crippen LogP contribution >= 0.6 is 21.6 Å². The van der Waals surface area contributed by atoms with Crippen molar-refractivity contribution < 1.29 is 52.8 Å². The molecular weight excluding hydrogens is 1080 g/mol. The van der Waals surface area contributed by atoms with E-state index in [1.54, 1.807) is 76.7 Å². The molecule has 0 saturated heterocycles. The van der Waals surface area contributed by atoms with Crippen LogP contribution in [0, 0.1) is 5.92 Å². The highest BCUT2D eigenvalue weighted by Crippen LogP contribution is 2.45. The van der Waals surface area contributed by atoms with E-state index in [1.807, 2.05) is 73.3 Å². The zero-order valence-electron chi connectivity index (χ0n) is 47.8. The largest absolute Gasteiger partial charge is 0.493 e. The van der Waals surface area contributed by atoms with Gasteiger partial charge in [0, 0.05) is 58.6 Å². The molecule has 82 heavy (non-hydrogen) atoms. The van der Waals surface area contributed by atoms with Gasteiger partial charge in [0.25, 0.3) is 11.8 Å². The fourth-order valence-electron chi connectivity index (χ4n) is 10.7. The lowest BCUT2D eigenvalue weighted by molar-refractivity contribution is -0.131. The molecule has 434 valence electrons. The Balaban J connectivity index is 0.919. The highest BCUT2D eigenvalue weighted by Gasteiger charge is 2.43. The Morgan fingerprint density at radius 3 is 1.94 bits per heavy atom. The first-order chi connectivity index (χ1) is 39.2. The number of Topliss-reactive ketones (excluding diaryl/α,β-unsaturated/α-hetero) is 1. The number of ether oxygens (including phenoxy) is 4. The first-order valence-corrected chi connectivity index (χ1v) is 30.0. The van der Waals surface area contributed by atoms with Gasteiger partial charge in [0.2, 0.25) is 17.7 Å². The van der Waals surface area contributed by atoms with Crippen LogP contribution in [0.2, 0.25) is 0 Å². The molecule has 20 heteroatoms. The summed E-state index contributed by atoms with van der Waals surface area (Å²) in [5.74, 6) is -0.617. The number of ketones is 1. The molecule has 0 saturated carbocycles. The molecule has 0 bridgehead atoms. The number of nitrogens with one attached hydrogen (secondary N) is 5. The molecule has 4 aliphatic heterocycles. The van der Waals surface area contributed by atoms with Gasteiger partial charge in [-0.3, -0.25) is 24.0 Å². The maximum atomic E-state index is 14.2. The van der Waals surface area contributed by atoms with Crippen LogP contribution in [0.4, 0.5) is 28.4 Å². The first-order valence-electron chi connectivity index (χ1n) is 27.8. The number of aliphatic hydroxyl groups excluding tert-OH is 1. The SMILES string of the molecule is COc1cc2c(cc1OCc1cc(COc3cc4c(cc3OC)C(=O)N3c5ccccc5C[C@H]3C(O)N4)cc(NC(=O)[C@H](C)NC(=O)[C@@H](NC(=O)CCC(C)(C)SSC(C)CCC(C)=O)C(C)C)c1)NC[C@@H]1Cc3ccccc3N1C2=O. The van der Waals surface area contributed by atoms with Gasteiger partial charge in [-0.2, -0.15) is 0 Å². The summed E-state index contributed by atoms with van der Waals surface area (Å²) in [5, 5.41) is 27.0. The van der Waals surface area contributed by atoms with Crippen molar-refractivity contribution >= 4 is 85.3 Å². The van der Waals surface area contributed by atoms with Crippen LogP contribution < -0.4 is 55.3 Å². The van der Waals surface area contributed by atoms with Gasteiger partial charge in [-0.05, 0) is 124 Å². The van der Waals surface area contributed by atoms with E-state index < -0.39 is 36.2 Å². The van der Waals surface area contributed by atoms with E-state index in [2.05, 4.69) is 47.4 Å². The van der Waals surface area contributed by atoms with E-state index in [-0.39, 0.29) is 76.6 Å². The van der Waals surface area contributed by atoms with E-state index in [1.165, 1.54) is 14.2 Å². The number of fused-ring (bicyclic) bond motifs is 8. The molecule has 5 aromatic carbocycles. The van der Waals surface area contributed by atoms with Crippen molar-refractivity contribution in [2.75, 3.05) is 46.5 Å². The van der Waals surface area contributed by atoms with E-state index in [0.717, 1.165) is 35.3 Å². The van der Waals surface area contributed by atoms with E-state index in [4.69, 9.17) is 18.9 Å². The van der Waals surface area contributed by atoms with Crippen molar-refractivity contribution in [2.24, 2.45) is 5.92 Å². The van der Waals surface area contributed by atoms with Gasteiger partial charge in [-0.15, -0.1) is 0 Å². The maximum Gasteiger partial charge on any atom is 0.260 e. The normalized spacial score (nSPS) is 17.9. The predicted molar refractivity (Wildman–Crippen MR) is 322 cm³/mol. The van der Waals surface area contributed by atoms with E-state index in [9.17, 15) is 33.9 Å². The van der Waals surface area contributed by atoms with Crippen LogP contribution in [0.25, 0.3) is 0 Å². The lowest BCUT2D eigenvalue weighted by atomic mass is 10.0. The molecule has 5 aromatic rings. The minimum atomic E-state index is -1.09. The smallest absolute Gasteiger partial charge is 0.260 e. The number of carbonyl (C=O) groups excluding carboxylic acids is 6. The summed E-state index contributed by atoms with van der Waals surface area (Å²) in [6.07, 6.45) is 2.18. The third kappa shape index (κ3) is 13.4. The summed E-state index contributed by atoms with van der Waals surface area (Å²) in [6.45, 7) is 13.5. The highest BCUT2D eigenvalue weighted by atomic mass is 33.1. The maximum absolute atomic E-state index is 14.2. The Labute approximate surface area is 486 Å². The fourth-order valence-corrected chi connectivity index (χ4v) is 13.3. The molecule has 4 heterocycles. The standard InChI is InChI=1S/C62H73N7O11S2/c1-34(2)56(67-55(71)20-21-62(6,7)82-81-36(4)19-18-35(3)70)59(74)64-37(5)57(72)65-42-23-38(32-79-53-29-46-44(27-51(53)77-8)60(75)68-43(31-63-46)25-40-14-10-12-16-48(40)68)22-39(24-42)33-80-54-30-47-45(28-52(54)78-9)61(76)69-49-17-13-11-15-41(49)26-50(69)58(73)66-47/h10-17,22-24,27-30,34,36-37,43,50,56,58,63,66,73H,18-21,25-26,31-33H2,1-9H3,(H,64,74)(H,65,72)(H,67,71)/t36?,37-,43-,50-,56-,58?/m0/s1. The van der Waals surface area contributed by atoms with Crippen molar-refractivity contribution in [3.63, 3.8) is 0 Å². The molecule has 18 nitrogen and oxygen atoms in total. The Morgan fingerprint density at radius 1 is 0.732 bits per heavy atom. The quantitative estimate of drug-likeness (QED) is 0.0335. The summed E-state index contributed by atoms with van der Waals surface area (Å²) in [7, 11) is 6.38. The average molecular weight is 1160 g/mol. The van der Waals surface area contributed by atoms with Crippen molar-refractivity contribution in [1.29, 1.82) is 0 Å². The molecule has 0 radical (unpaired) electrons. The zero-order valence-corrected chi connectivity index (χ0v) is 49.4. The first kappa shape index (κ1) is 59.2. The Kier molecular flexibility index (Phi) is 18.3. The number of hydrogen-bond acceptors (Lipinski definition) is 15. The van der Waals surface area contributed by atoms with Gasteiger partial charge in [0.1, 0.15) is 37.3 Å². The monoisotopic (exact) mass is 1160 g/mol. The fraction of sp³-hybridized carbons (Fsp3) is 0.419. The summed E-state index contributed by atoms with van der Waals surface area (Å²) in [4.78, 5) is 84.6. The van der Waals surface area contributed by atoms with Gasteiger partial charge in [-0.25, -0.2) is 0 Å². The van der Waals surface area contributed by atoms with Crippen LogP contribution in [0.3, 0.4) is 0 Å². The lowest BCUT2D eigenvalue weighted by Crippen LogP contribution is -2.53. The van der Waals surface area contributed by atoms with Crippen LogP contribution in [0.5, 0.6) is 23.0 Å². The predicted octanol–water partition coefficient (Wildman–Crippen LogP) is 9.46. The minimum Gasteiger partial charge on any atom is -0.493 e. The minimum absolute atomic E-state index is 0.0220. The number of carbonyl (C=O) groups is 6. The number of anilines is 5. The van der Waals surface area contributed by atoms with E-state index in [0.29, 0.717) is 76.6 Å². The van der Waals surface area contributed by atoms with Crippen molar-refractivity contribution in [1.82, 2.24) is 10.6 Å². The Bertz CT molecular complexity index is 3260. The molecule has 2 unspecified atom stereocenters. The summed E-state index contributed by atoms with van der Waals surface area (Å²) in [6, 6.07) is 25.0. The molecule has 0 fully saturated rings. The van der Waals surface area contributed by atoms with Crippen LogP contribution in [0.15, 0.2) is 91.0 Å². The van der Waals surface area contributed by atoms with Crippen LogP contribution in [-0.2, 0) is 45.2 Å². The van der Waals surface area contributed by atoms with Gasteiger partial charge in [0.15, 0.2) is 23.0 Å². The third-order valence-electron chi connectivity index (χ3n) is 15.2. The van der Waals surface area contributed by atoms with Crippen molar-refractivity contribution in [3.8, 4) is 23.0 Å². The molecule has 0 spiro atoms. The molecular formula is C62H73N7O11S2. The number of rotatable bonds is 23. The van der Waals surface area contributed by atoms with Gasteiger partial charge in [0.05, 0.1) is 48.8 Å². The number of methoxy groups -OCH3 is 2. The molecule has 6 N–H and O–H groups in total. The van der Waals surface area contributed by atoms with Gasteiger partial charge >= 0.3 is 0 Å². The number of aliphatic hydroxyl groups is 1. The highest BCUT2D eigenvalue weighted by molar-refractivity contribution is 8.77. The lowest BCUT2D eigenvalue weighted by Gasteiger charge is -2.26.